The van der Waals surface area contributed by atoms with E-state index in [4.69, 9.17) is 0 Å². The first kappa shape index (κ1) is 14.5. The van der Waals surface area contributed by atoms with Crippen molar-refractivity contribution >= 4 is 0 Å². The van der Waals surface area contributed by atoms with E-state index in [1.54, 1.807) is 0 Å². The lowest BCUT2D eigenvalue weighted by molar-refractivity contribution is 0.0632. The van der Waals surface area contributed by atoms with Gasteiger partial charge in [-0.3, -0.25) is 9.58 Å². The van der Waals surface area contributed by atoms with Gasteiger partial charge in [-0.15, -0.1) is 0 Å². The zero-order valence-corrected chi connectivity index (χ0v) is 12.8. The van der Waals surface area contributed by atoms with E-state index in [2.05, 4.69) is 42.2 Å². The highest BCUT2D eigenvalue weighted by Gasteiger charge is 2.36. The van der Waals surface area contributed by atoms with Crippen molar-refractivity contribution in [1.29, 1.82) is 0 Å². The summed E-state index contributed by atoms with van der Waals surface area (Å²) in [6, 6.07) is 2.77. The molecule has 2 rings (SSSR count). The Morgan fingerprint density at radius 1 is 1.37 bits per heavy atom. The van der Waals surface area contributed by atoms with Crippen molar-refractivity contribution in [1.82, 2.24) is 20.0 Å². The number of rotatable bonds is 5. The van der Waals surface area contributed by atoms with E-state index in [1.165, 1.54) is 25.0 Å². The maximum Gasteiger partial charge on any atom is 0.0764 e. The minimum absolute atomic E-state index is 0.292. The van der Waals surface area contributed by atoms with E-state index in [-0.39, 0.29) is 0 Å². The summed E-state index contributed by atoms with van der Waals surface area (Å²) in [4.78, 5) is 2.62. The Labute approximate surface area is 117 Å². The molecule has 4 heteroatoms. The number of hydrogen-bond donors (Lipinski definition) is 1. The van der Waals surface area contributed by atoms with E-state index < -0.39 is 0 Å². The van der Waals surface area contributed by atoms with E-state index >= 15 is 0 Å². The highest BCUT2D eigenvalue weighted by atomic mass is 15.3. The van der Waals surface area contributed by atoms with Crippen LogP contribution in [-0.4, -0.2) is 39.4 Å². The molecule has 0 bridgehead atoms. The predicted octanol–water partition coefficient (Wildman–Crippen LogP) is 2.16. The van der Waals surface area contributed by atoms with Crippen LogP contribution in [0.15, 0.2) is 12.3 Å². The summed E-state index contributed by atoms with van der Waals surface area (Å²) in [5.41, 5.74) is 1.48. The van der Waals surface area contributed by atoms with Gasteiger partial charge in [0.05, 0.1) is 5.69 Å². The van der Waals surface area contributed by atoms with Crippen molar-refractivity contribution in [3.05, 3.63) is 18.0 Å². The molecule has 1 aromatic rings. The van der Waals surface area contributed by atoms with E-state index in [0.717, 1.165) is 19.6 Å². The Hall–Kier alpha value is -0.870. The average Bonchev–Trinajstić information content (AvgIpc) is 2.84. The molecule has 1 saturated heterocycles. The Morgan fingerprint density at radius 2 is 2.11 bits per heavy atom. The molecule has 108 valence electrons. The van der Waals surface area contributed by atoms with Crippen molar-refractivity contribution in [3.63, 3.8) is 0 Å². The summed E-state index contributed by atoms with van der Waals surface area (Å²) in [7, 11) is 1.99. The number of nitrogens with one attached hydrogen (secondary N) is 1. The monoisotopic (exact) mass is 264 g/mol. The first-order valence-electron chi connectivity index (χ1n) is 7.60. The number of hydrogen-bond acceptors (Lipinski definition) is 3. The molecule has 0 saturated carbocycles. The molecule has 4 nitrogen and oxygen atoms in total. The zero-order chi connectivity index (χ0) is 13.9. The SMILES string of the molecule is CCC1CNC(CC)(CC)CN1Cc1ccn(C)n1. The summed E-state index contributed by atoms with van der Waals surface area (Å²) in [6.45, 7) is 10.1. The van der Waals surface area contributed by atoms with Gasteiger partial charge < -0.3 is 5.32 Å². The lowest BCUT2D eigenvalue weighted by Crippen LogP contribution is -2.63. The average molecular weight is 264 g/mol. The molecule has 19 heavy (non-hydrogen) atoms. The molecular weight excluding hydrogens is 236 g/mol. The van der Waals surface area contributed by atoms with Gasteiger partial charge in [0.25, 0.3) is 0 Å². The van der Waals surface area contributed by atoms with Crippen molar-refractivity contribution in [2.75, 3.05) is 13.1 Å². The smallest absolute Gasteiger partial charge is 0.0764 e. The maximum absolute atomic E-state index is 4.53. The predicted molar refractivity (Wildman–Crippen MR) is 79.0 cm³/mol. The molecule has 0 aromatic carbocycles. The fraction of sp³-hybridized carbons (Fsp3) is 0.800. The summed E-state index contributed by atoms with van der Waals surface area (Å²) < 4.78 is 1.89. The van der Waals surface area contributed by atoms with Crippen LogP contribution < -0.4 is 5.32 Å². The minimum atomic E-state index is 0.292. The van der Waals surface area contributed by atoms with Gasteiger partial charge in [0.1, 0.15) is 0 Å². The molecule has 0 radical (unpaired) electrons. The first-order chi connectivity index (χ1) is 9.12. The largest absolute Gasteiger partial charge is 0.308 e. The second-order valence-electron chi connectivity index (χ2n) is 5.82. The van der Waals surface area contributed by atoms with Gasteiger partial charge >= 0.3 is 0 Å². The molecule has 0 aliphatic carbocycles. The Kier molecular flexibility index (Phi) is 4.63. The Morgan fingerprint density at radius 3 is 2.63 bits per heavy atom. The Balaban J connectivity index is 2.09. The molecule has 0 amide bonds. The number of aromatic nitrogens is 2. The maximum atomic E-state index is 4.53. The number of aryl methyl sites for hydroxylation is 1. The number of nitrogens with zero attached hydrogens (tertiary/aromatic N) is 3. The molecule has 2 heterocycles. The minimum Gasteiger partial charge on any atom is -0.308 e. The van der Waals surface area contributed by atoms with Gasteiger partial charge in [0.15, 0.2) is 0 Å². The van der Waals surface area contributed by atoms with Gasteiger partial charge in [-0.2, -0.15) is 5.10 Å². The lowest BCUT2D eigenvalue weighted by atomic mass is 9.88. The molecule has 1 fully saturated rings. The normalized spacial score (nSPS) is 23.7. The van der Waals surface area contributed by atoms with Crippen LogP contribution in [0.4, 0.5) is 0 Å². The van der Waals surface area contributed by atoms with Gasteiger partial charge in [-0.05, 0) is 25.3 Å². The molecule has 1 aliphatic rings. The van der Waals surface area contributed by atoms with Gasteiger partial charge in [0, 0.05) is 44.5 Å². The van der Waals surface area contributed by atoms with Crippen LogP contribution in [0.1, 0.15) is 45.7 Å². The molecule has 0 spiro atoms. The van der Waals surface area contributed by atoms with Crippen LogP contribution >= 0.6 is 0 Å². The molecular formula is C15H28N4. The summed E-state index contributed by atoms with van der Waals surface area (Å²) in [6.07, 6.45) is 5.62. The molecule has 1 atom stereocenters. The van der Waals surface area contributed by atoms with Crippen LogP contribution in [0, 0.1) is 0 Å². The third kappa shape index (κ3) is 3.18. The van der Waals surface area contributed by atoms with Gasteiger partial charge in [-0.25, -0.2) is 0 Å². The second kappa shape index (κ2) is 6.06. The van der Waals surface area contributed by atoms with Crippen LogP contribution in [0.3, 0.4) is 0 Å². The van der Waals surface area contributed by atoms with Crippen LogP contribution in [-0.2, 0) is 13.6 Å². The quantitative estimate of drug-likeness (QED) is 0.885. The van der Waals surface area contributed by atoms with Gasteiger partial charge in [-0.1, -0.05) is 20.8 Å². The Bertz CT molecular complexity index is 395. The highest BCUT2D eigenvalue weighted by Crippen LogP contribution is 2.25. The first-order valence-corrected chi connectivity index (χ1v) is 7.60. The van der Waals surface area contributed by atoms with Crippen LogP contribution in [0.25, 0.3) is 0 Å². The third-order valence-electron chi connectivity index (χ3n) is 4.69. The molecule has 1 N–H and O–H groups in total. The highest BCUT2D eigenvalue weighted by molar-refractivity contribution is 5.03. The standard InChI is InChI=1S/C15H28N4/c1-5-14-10-16-15(6-2,7-3)12-19(14)11-13-8-9-18(4)17-13/h8-9,14,16H,5-7,10-12H2,1-4H3. The zero-order valence-electron chi connectivity index (χ0n) is 12.8. The molecule has 1 aromatic heterocycles. The number of piperazine rings is 1. The van der Waals surface area contributed by atoms with Crippen molar-refractivity contribution in [3.8, 4) is 0 Å². The lowest BCUT2D eigenvalue weighted by Gasteiger charge is -2.47. The van der Waals surface area contributed by atoms with Crippen LogP contribution in [0.2, 0.25) is 0 Å². The van der Waals surface area contributed by atoms with Crippen molar-refractivity contribution in [2.24, 2.45) is 7.05 Å². The fourth-order valence-electron chi connectivity index (χ4n) is 3.10. The van der Waals surface area contributed by atoms with Gasteiger partial charge in [0.2, 0.25) is 0 Å². The van der Waals surface area contributed by atoms with Crippen molar-refractivity contribution in [2.45, 2.75) is 58.2 Å². The van der Waals surface area contributed by atoms with E-state index in [9.17, 15) is 0 Å². The van der Waals surface area contributed by atoms with E-state index in [1.807, 2.05) is 17.9 Å². The van der Waals surface area contributed by atoms with Crippen molar-refractivity contribution < 1.29 is 0 Å². The van der Waals surface area contributed by atoms with E-state index in [0.29, 0.717) is 11.6 Å². The summed E-state index contributed by atoms with van der Waals surface area (Å²) in [5.74, 6) is 0. The summed E-state index contributed by atoms with van der Waals surface area (Å²) in [5, 5.41) is 8.31. The topological polar surface area (TPSA) is 33.1 Å². The fourth-order valence-corrected chi connectivity index (χ4v) is 3.10. The molecule has 1 unspecified atom stereocenters. The van der Waals surface area contributed by atoms with Crippen LogP contribution in [0.5, 0.6) is 0 Å². The summed E-state index contributed by atoms with van der Waals surface area (Å²) >= 11 is 0. The second-order valence-corrected chi connectivity index (χ2v) is 5.82. The molecule has 1 aliphatic heterocycles. The third-order valence-corrected chi connectivity index (χ3v) is 4.69.